The van der Waals surface area contributed by atoms with Gasteiger partial charge in [-0.05, 0) is 39.4 Å². The van der Waals surface area contributed by atoms with Crippen LogP contribution in [0, 0.1) is 0 Å². The summed E-state index contributed by atoms with van der Waals surface area (Å²) in [5.74, 6) is 0. The number of hydrogen-bond acceptors (Lipinski definition) is 3. The highest BCUT2D eigenvalue weighted by Crippen LogP contribution is 2.25. The van der Waals surface area contributed by atoms with Crippen LogP contribution in [-0.2, 0) is 0 Å². The lowest BCUT2D eigenvalue weighted by Gasteiger charge is -2.37. The average Bonchev–Trinajstić information content (AvgIpc) is 2.26. The van der Waals surface area contributed by atoms with Crippen LogP contribution in [0.4, 0.5) is 13.2 Å². The van der Waals surface area contributed by atoms with Gasteiger partial charge in [0.05, 0.1) is 0 Å². The first-order chi connectivity index (χ1) is 7.95. The Hall–Kier alpha value is -0.330. The van der Waals surface area contributed by atoms with Gasteiger partial charge in [0.15, 0.2) is 6.10 Å². The lowest BCUT2D eigenvalue weighted by Crippen LogP contribution is -2.48. The Labute approximate surface area is 100.0 Å². The molecule has 3 nitrogen and oxygen atoms in total. The van der Waals surface area contributed by atoms with Gasteiger partial charge in [-0.15, -0.1) is 0 Å². The molecule has 1 heterocycles. The van der Waals surface area contributed by atoms with Crippen LogP contribution in [0.2, 0.25) is 0 Å². The molecule has 1 rings (SSSR count). The molecule has 2 N–H and O–H groups in total. The second-order valence-corrected chi connectivity index (χ2v) is 4.59. The highest BCUT2D eigenvalue weighted by atomic mass is 19.4. The summed E-state index contributed by atoms with van der Waals surface area (Å²) >= 11 is 0. The van der Waals surface area contributed by atoms with Gasteiger partial charge in [-0.1, -0.05) is 6.42 Å². The van der Waals surface area contributed by atoms with Crippen molar-refractivity contribution in [2.24, 2.45) is 0 Å². The van der Waals surface area contributed by atoms with Crippen LogP contribution in [0.3, 0.4) is 0 Å². The lowest BCUT2D eigenvalue weighted by molar-refractivity contribution is -0.210. The van der Waals surface area contributed by atoms with Crippen molar-refractivity contribution < 1.29 is 18.3 Å². The van der Waals surface area contributed by atoms with Crippen LogP contribution < -0.4 is 5.32 Å². The van der Waals surface area contributed by atoms with Crippen molar-refractivity contribution in [3.8, 4) is 0 Å². The fraction of sp³-hybridized carbons (Fsp3) is 1.00. The number of nitrogens with one attached hydrogen (secondary N) is 1. The quantitative estimate of drug-likeness (QED) is 0.778. The van der Waals surface area contributed by atoms with Gasteiger partial charge in [-0.3, -0.25) is 4.90 Å². The zero-order valence-corrected chi connectivity index (χ0v) is 10.1. The molecule has 2 atom stereocenters. The number of nitrogens with zero attached hydrogens (tertiary/aromatic N) is 1. The third-order valence-corrected chi connectivity index (χ3v) is 3.26. The maximum Gasteiger partial charge on any atom is 0.415 e. The number of piperidine rings is 1. The number of halogens is 3. The molecule has 0 spiro atoms. The van der Waals surface area contributed by atoms with Crippen molar-refractivity contribution >= 4 is 0 Å². The molecule has 0 aromatic carbocycles. The van der Waals surface area contributed by atoms with E-state index < -0.39 is 12.3 Å². The summed E-state index contributed by atoms with van der Waals surface area (Å²) in [6, 6.07) is 0.160. The highest BCUT2D eigenvalue weighted by Gasteiger charge is 2.40. The Kier molecular flexibility index (Phi) is 5.69. The van der Waals surface area contributed by atoms with Crippen molar-refractivity contribution in [3.05, 3.63) is 0 Å². The molecule has 0 aliphatic carbocycles. The third kappa shape index (κ3) is 4.81. The second kappa shape index (κ2) is 6.56. The van der Waals surface area contributed by atoms with Gasteiger partial charge in [-0.2, -0.15) is 13.2 Å². The van der Waals surface area contributed by atoms with Crippen LogP contribution in [0.1, 0.15) is 25.7 Å². The van der Waals surface area contributed by atoms with E-state index in [1.807, 2.05) is 7.05 Å². The Morgan fingerprint density at radius 1 is 1.41 bits per heavy atom. The Morgan fingerprint density at radius 3 is 2.71 bits per heavy atom. The maximum absolute atomic E-state index is 12.3. The topological polar surface area (TPSA) is 35.5 Å². The highest BCUT2D eigenvalue weighted by molar-refractivity contribution is 4.81. The van der Waals surface area contributed by atoms with Crippen LogP contribution in [0.25, 0.3) is 0 Å². The molecular weight excluding hydrogens is 233 g/mol. The van der Waals surface area contributed by atoms with Crippen molar-refractivity contribution in [1.29, 1.82) is 0 Å². The molecule has 1 aliphatic heterocycles. The zero-order chi connectivity index (χ0) is 12.9. The largest absolute Gasteiger partial charge is 0.415 e. The molecule has 0 bridgehead atoms. The van der Waals surface area contributed by atoms with Gasteiger partial charge >= 0.3 is 6.18 Å². The number of β-amino-alcohol motifs (C(OH)–C–C–N with tert-alkyl or cyclic N) is 1. The molecule has 2 unspecified atom stereocenters. The van der Waals surface area contributed by atoms with Gasteiger partial charge in [0.25, 0.3) is 0 Å². The van der Waals surface area contributed by atoms with Gasteiger partial charge in [0.1, 0.15) is 0 Å². The van der Waals surface area contributed by atoms with Crippen LogP contribution in [0.5, 0.6) is 0 Å². The molecule has 0 aromatic heterocycles. The van der Waals surface area contributed by atoms with E-state index in [-0.39, 0.29) is 12.6 Å². The Morgan fingerprint density at radius 2 is 2.12 bits per heavy atom. The average molecular weight is 254 g/mol. The molecule has 17 heavy (non-hydrogen) atoms. The van der Waals surface area contributed by atoms with E-state index >= 15 is 0 Å². The minimum atomic E-state index is -4.51. The van der Waals surface area contributed by atoms with E-state index in [4.69, 9.17) is 5.11 Å². The number of alkyl halides is 3. The molecule has 0 radical (unpaired) electrons. The number of rotatable bonds is 5. The number of aliphatic hydroxyl groups excluding tert-OH is 1. The monoisotopic (exact) mass is 254 g/mol. The first kappa shape index (κ1) is 14.7. The fourth-order valence-electron chi connectivity index (χ4n) is 2.26. The summed E-state index contributed by atoms with van der Waals surface area (Å²) in [6.45, 7) is 1.16. The van der Waals surface area contributed by atoms with Crippen LogP contribution in [-0.4, -0.2) is 55.0 Å². The number of likely N-dealkylation sites (tertiary alicyclic amines) is 1. The smallest absolute Gasteiger partial charge is 0.382 e. The van der Waals surface area contributed by atoms with E-state index in [1.165, 1.54) is 0 Å². The minimum Gasteiger partial charge on any atom is -0.382 e. The predicted molar refractivity (Wildman–Crippen MR) is 59.8 cm³/mol. The standard InChI is InChI=1S/C11H21F3N2O/c1-15-6-5-9-4-2-3-7-16(9)8-10(17)11(12,13)14/h9-10,15,17H,2-8H2,1H3. The summed E-state index contributed by atoms with van der Waals surface area (Å²) in [7, 11) is 1.83. The molecule has 0 amide bonds. The van der Waals surface area contributed by atoms with Crippen molar-refractivity contribution in [2.45, 2.75) is 44.0 Å². The Balaban J connectivity index is 2.47. The van der Waals surface area contributed by atoms with E-state index in [1.54, 1.807) is 4.90 Å². The van der Waals surface area contributed by atoms with Gasteiger partial charge < -0.3 is 10.4 Å². The number of aliphatic hydroxyl groups is 1. The fourth-order valence-corrected chi connectivity index (χ4v) is 2.26. The molecule has 6 heteroatoms. The molecule has 1 saturated heterocycles. The lowest BCUT2D eigenvalue weighted by atomic mass is 9.99. The summed E-state index contributed by atoms with van der Waals surface area (Å²) in [5.41, 5.74) is 0. The molecule has 0 saturated carbocycles. The molecule has 1 aliphatic rings. The molecule has 1 fully saturated rings. The van der Waals surface area contributed by atoms with Gasteiger partial charge in [0, 0.05) is 12.6 Å². The normalized spacial score (nSPS) is 24.9. The van der Waals surface area contributed by atoms with Crippen molar-refractivity contribution in [3.63, 3.8) is 0 Å². The third-order valence-electron chi connectivity index (χ3n) is 3.26. The van der Waals surface area contributed by atoms with E-state index in [0.717, 1.165) is 32.2 Å². The van der Waals surface area contributed by atoms with Crippen LogP contribution >= 0.6 is 0 Å². The van der Waals surface area contributed by atoms with Crippen LogP contribution in [0.15, 0.2) is 0 Å². The maximum atomic E-state index is 12.3. The van der Waals surface area contributed by atoms with Crippen molar-refractivity contribution in [2.75, 3.05) is 26.7 Å². The summed E-state index contributed by atoms with van der Waals surface area (Å²) in [6.07, 6.45) is -3.00. The SMILES string of the molecule is CNCCC1CCCCN1CC(O)C(F)(F)F. The zero-order valence-electron chi connectivity index (χ0n) is 10.1. The second-order valence-electron chi connectivity index (χ2n) is 4.59. The van der Waals surface area contributed by atoms with Gasteiger partial charge in [-0.25, -0.2) is 0 Å². The van der Waals surface area contributed by atoms with Crippen molar-refractivity contribution in [1.82, 2.24) is 10.2 Å². The summed E-state index contributed by atoms with van der Waals surface area (Å²) in [5, 5.41) is 12.1. The summed E-state index contributed by atoms with van der Waals surface area (Å²) in [4.78, 5) is 1.78. The minimum absolute atomic E-state index is 0.160. The Bertz CT molecular complexity index is 223. The summed E-state index contributed by atoms with van der Waals surface area (Å²) < 4.78 is 36.9. The van der Waals surface area contributed by atoms with E-state index in [9.17, 15) is 13.2 Å². The molecule has 0 aromatic rings. The van der Waals surface area contributed by atoms with E-state index in [0.29, 0.717) is 6.54 Å². The predicted octanol–water partition coefficient (Wildman–Crippen LogP) is 1.37. The van der Waals surface area contributed by atoms with Gasteiger partial charge in [0.2, 0.25) is 0 Å². The number of hydrogen-bond donors (Lipinski definition) is 2. The molecular formula is C11H21F3N2O. The first-order valence-corrected chi connectivity index (χ1v) is 6.08. The van der Waals surface area contributed by atoms with E-state index in [2.05, 4.69) is 5.32 Å². The molecule has 102 valence electrons. The first-order valence-electron chi connectivity index (χ1n) is 6.08.